The van der Waals surface area contributed by atoms with Crippen molar-refractivity contribution < 1.29 is 9.90 Å². The summed E-state index contributed by atoms with van der Waals surface area (Å²) < 4.78 is 0. The first-order valence-electron chi connectivity index (χ1n) is 4.64. The Kier molecular flexibility index (Phi) is 2.46. The fourth-order valence-corrected chi connectivity index (χ4v) is 1.82. The number of benzene rings is 1. The molecule has 0 heterocycles. The van der Waals surface area contributed by atoms with Gasteiger partial charge in [-0.1, -0.05) is 23.7 Å². The van der Waals surface area contributed by atoms with Crippen LogP contribution < -0.4 is 0 Å². The second-order valence-electron chi connectivity index (χ2n) is 3.77. The Balaban J connectivity index is 1.94. The van der Waals surface area contributed by atoms with E-state index in [-0.39, 0.29) is 5.92 Å². The molecule has 2 atom stereocenters. The van der Waals surface area contributed by atoms with Gasteiger partial charge in [0.25, 0.3) is 0 Å². The largest absolute Gasteiger partial charge is 0.481 e. The van der Waals surface area contributed by atoms with E-state index in [1.165, 1.54) is 5.56 Å². The number of aliphatic carboxylic acids is 1. The van der Waals surface area contributed by atoms with Crippen molar-refractivity contribution in [3.63, 3.8) is 0 Å². The van der Waals surface area contributed by atoms with Crippen molar-refractivity contribution in [1.29, 1.82) is 0 Å². The lowest BCUT2D eigenvalue weighted by Gasteiger charge is -1.99. The number of hydrogen-bond donors (Lipinski definition) is 1. The number of carboxylic acid groups (broad SMARTS) is 1. The number of rotatable bonds is 3. The molecule has 0 saturated heterocycles. The summed E-state index contributed by atoms with van der Waals surface area (Å²) in [6, 6.07) is 7.60. The molecule has 1 saturated carbocycles. The van der Waals surface area contributed by atoms with Gasteiger partial charge in [0.1, 0.15) is 0 Å². The minimum Gasteiger partial charge on any atom is -0.481 e. The molecule has 0 aliphatic heterocycles. The number of carbonyl (C=O) groups is 1. The van der Waals surface area contributed by atoms with Gasteiger partial charge in [-0.15, -0.1) is 0 Å². The standard InChI is InChI=1S/C11H11ClO2/c12-9-3-1-7(2-4-9)5-8-6-10(8)11(13)14/h1-4,8,10H,5-6H2,(H,13,14)/t8-,10-/m0/s1. The van der Waals surface area contributed by atoms with E-state index < -0.39 is 5.97 Å². The Morgan fingerprint density at radius 1 is 1.43 bits per heavy atom. The lowest BCUT2D eigenvalue weighted by molar-refractivity contribution is -0.138. The van der Waals surface area contributed by atoms with Crippen LogP contribution in [-0.2, 0) is 11.2 Å². The molecule has 0 bridgehead atoms. The van der Waals surface area contributed by atoms with Gasteiger partial charge in [-0.3, -0.25) is 4.79 Å². The SMILES string of the molecule is O=C(O)[C@H]1C[C@@H]1Cc1ccc(Cl)cc1. The second kappa shape index (κ2) is 3.62. The Hall–Kier alpha value is -1.02. The predicted octanol–water partition coefficient (Wildman–Crippen LogP) is 2.60. The van der Waals surface area contributed by atoms with Crippen molar-refractivity contribution in [3.8, 4) is 0 Å². The predicted molar refractivity (Wildman–Crippen MR) is 54.4 cm³/mol. The molecule has 0 spiro atoms. The van der Waals surface area contributed by atoms with Gasteiger partial charge in [0.15, 0.2) is 0 Å². The molecule has 0 unspecified atom stereocenters. The summed E-state index contributed by atoms with van der Waals surface area (Å²) in [5.41, 5.74) is 1.17. The van der Waals surface area contributed by atoms with E-state index in [1.807, 2.05) is 24.3 Å². The van der Waals surface area contributed by atoms with Crippen LogP contribution in [0.2, 0.25) is 5.02 Å². The van der Waals surface area contributed by atoms with E-state index in [4.69, 9.17) is 16.7 Å². The van der Waals surface area contributed by atoms with E-state index in [9.17, 15) is 4.79 Å². The maximum absolute atomic E-state index is 10.6. The minimum atomic E-state index is -0.663. The molecule has 3 heteroatoms. The van der Waals surface area contributed by atoms with Crippen molar-refractivity contribution in [2.45, 2.75) is 12.8 Å². The molecule has 1 aromatic rings. The molecular formula is C11H11ClO2. The molecule has 0 radical (unpaired) electrons. The lowest BCUT2D eigenvalue weighted by atomic mass is 10.1. The third-order valence-corrected chi connectivity index (χ3v) is 2.90. The normalized spacial score (nSPS) is 24.6. The van der Waals surface area contributed by atoms with Gasteiger partial charge >= 0.3 is 5.97 Å². The molecule has 2 rings (SSSR count). The van der Waals surface area contributed by atoms with Gasteiger partial charge in [-0.05, 0) is 36.5 Å². The molecule has 1 aliphatic rings. The van der Waals surface area contributed by atoms with Crippen LogP contribution in [0.4, 0.5) is 0 Å². The van der Waals surface area contributed by atoms with Crippen LogP contribution in [0.5, 0.6) is 0 Å². The first kappa shape index (κ1) is 9.53. The summed E-state index contributed by atoms with van der Waals surface area (Å²) in [5, 5.41) is 9.45. The zero-order valence-corrected chi connectivity index (χ0v) is 8.37. The summed E-state index contributed by atoms with van der Waals surface area (Å²) >= 11 is 5.75. The molecule has 2 nitrogen and oxygen atoms in total. The Bertz CT molecular complexity index is 345. The maximum atomic E-state index is 10.6. The summed E-state index contributed by atoms with van der Waals surface area (Å²) in [6.07, 6.45) is 1.67. The summed E-state index contributed by atoms with van der Waals surface area (Å²) in [4.78, 5) is 10.6. The van der Waals surface area contributed by atoms with E-state index in [2.05, 4.69) is 0 Å². The van der Waals surface area contributed by atoms with Gasteiger partial charge in [0.05, 0.1) is 5.92 Å². The first-order chi connectivity index (χ1) is 6.66. The second-order valence-corrected chi connectivity index (χ2v) is 4.21. The monoisotopic (exact) mass is 210 g/mol. The zero-order valence-electron chi connectivity index (χ0n) is 7.61. The fourth-order valence-electron chi connectivity index (χ4n) is 1.70. The van der Waals surface area contributed by atoms with Crippen LogP contribution in [0.3, 0.4) is 0 Å². The van der Waals surface area contributed by atoms with Crippen LogP contribution >= 0.6 is 11.6 Å². The molecule has 0 amide bonds. The molecule has 1 N–H and O–H groups in total. The number of hydrogen-bond acceptors (Lipinski definition) is 1. The molecule has 74 valence electrons. The highest BCUT2D eigenvalue weighted by Gasteiger charge is 2.42. The highest BCUT2D eigenvalue weighted by Crippen LogP contribution is 2.41. The topological polar surface area (TPSA) is 37.3 Å². The Morgan fingerprint density at radius 2 is 2.07 bits per heavy atom. The Labute approximate surface area is 87.5 Å². The smallest absolute Gasteiger partial charge is 0.306 e. The van der Waals surface area contributed by atoms with Crippen LogP contribution in [-0.4, -0.2) is 11.1 Å². The van der Waals surface area contributed by atoms with E-state index in [0.717, 1.165) is 17.9 Å². The molecule has 1 fully saturated rings. The van der Waals surface area contributed by atoms with Gasteiger partial charge in [0, 0.05) is 5.02 Å². The van der Waals surface area contributed by atoms with E-state index in [0.29, 0.717) is 5.92 Å². The van der Waals surface area contributed by atoms with Crippen molar-refractivity contribution in [2.75, 3.05) is 0 Å². The maximum Gasteiger partial charge on any atom is 0.306 e. The molecule has 0 aromatic heterocycles. The van der Waals surface area contributed by atoms with E-state index in [1.54, 1.807) is 0 Å². The quantitative estimate of drug-likeness (QED) is 0.833. The average Bonchev–Trinajstić information content (AvgIpc) is 2.88. The first-order valence-corrected chi connectivity index (χ1v) is 5.02. The number of halogens is 1. The highest BCUT2D eigenvalue weighted by atomic mass is 35.5. The van der Waals surface area contributed by atoms with Gasteiger partial charge in [-0.25, -0.2) is 0 Å². The molecular weight excluding hydrogens is 200 g/mol. The lowest BCUT2D eigenvalue weighted by Crippen LogP contribution is -2.00. The van der Waals surface area contributed by atoms with Crippen molar-refractivity contribution in [2.24, 2.45) is 11.8 Å². The highest BCUT2D eigenvalue weighted by molar-refractivity contribution is 6.30. The van der Waals surface area contributed by atoms with Crippen molar-refractivity contribution in [1.82, 2.24) is 0 Å². The summed E-state index contributed by atoms with van der Waals surface area (Å²) in [7, 11) is 0. The van der Waals surface area contributed by atoms with Gasteiger partial charge in [-0.2, -0.15) is 0 Å². The number of carboxylic acids is 1. The zero-order chi connectivity index (χ0) is 10.1. The summed E-state index contributed by atoms with van der Waals surface area (Å²) in [5.74, 6) is -0.455. The van der Waals surface area contributed by atoms with E-state index >= 15 is 0 Å². The molecule has 1 aliphatic carbocycles. The Morgan fingerprint density at radius 3 is 2.57 bits per heavy atom. The summed E-state index contributed by atoms with van der Waals surface area (Å²) in [6.45, 7) is 0. The van der Waals surface area contributed by atoms with Gasteiger partial charge < -0.3 is 5.11 Å². The van der Waals surface area contributed by atoms with Crippen LogP contribution in [0, 0.1) is 11.8 Å². The van der Waals surface area contributed by atoms with Crippen molar-refractivity contribution in [3.05, 3.63) is 34.9 Å². The van der Waals surface area contributed by atoms with Crippen molar-refractivity contribution >= 4 is 17.6 Å². The van der Waals surface area contributed by atoms with Gasteiger partial charge in [0.2, 0.25) is 0 Å². The molecule has 14 heavy (non-hydrogen) atoms. The average molecular weight is 211 g/mol. The van der Waals surface area contributed by atoms with Crippen LogP contribution in [0.25, 0.3) is 0 Å². The molecule has 1 aromatic carbocycles. The third-order valence-electron chi connectivity index (χ3n) is 2.65. The minimum absolute atomic E-state index is 0.120. The third kappa shape index (κ3) is 2.07. The van der Waals surface area contributed by atoms with Crippen LogP contribution in [0.15, 0.2) is 24.3 Å². The fraction of sp³-hybridized carbons (Fsp3) is 0.364. The van der Waals surface area contributed by atoms with Crippen LogP contribution in [0.1, 0.15) is 12.0 Å².